The Kier molecular flexibility index (Phi) is 10.2. The summed E-state index contributed by atoms with van der Waals surface area (Å²) in [6.45, 7) is 2.28. The van der Waals surface area contributed by atoms with Crippen molar-refractivity contribution in [3.05, 3.63) is 142 Å². The van der Waals surface area contributed by atoms with Crippen LogP contribution in [0.3, 0.4) is 0 Å². The lowest BCUT2D eigenvalue weighted by atomic mass is 9.49. The van der Waals surface area contributed by atoms with Crippen molar-refractivity contribution in [3.63, 3.8) is 0 Å². The SMILES string of the molecule is O=C1[C@@H]2C[C@@H]3C(=CC[C@@H]4C(=O)N(C5CCN(Cc6ccccc6)CC5)C(=O)[C@@H]43)[C@H](c3ccc(OCCO)cc3)[C@]2(c2ccc(Cl)cc2)C(=O)N1Nc1ccc(F)cc1. The first-order chi connectivity index (χ1) is 28.2. The number of hydrazine groups is 1. The first-order valence-electron chi connectivity index (χ1n) is 20.0. The number of aliphatic hydroxyl groups excluding tert-OH is 1. The number of hydrogen-bond acceptors (Lipinski definition) is 8. The molecule has 0 radical (unpaired) electrons. The van der Waals surface area contributed by atoms with Gasteiger partial charge in [0.15, 0.2) is 0 Å². The highest BCUT2D eigenvalue weighted by Crippen LogP contribution is 2.64. The van der Waals surface area contributed by atoms with Gasteiger partial charge in [0.25, 0.3) is 11.8 Å². The largest absolute Gasteiger partial charge is 0.491 e. The van der Waals surface area contributed by atoms with Crippen molar-refractivity contribution in [1.82, 2.24) is 14.8 Å². The van der Waals surface area contributed by atoms with Crippen molar-refractivity contribution in [3.8, 4) is 5.75 Å². The molecular weight excluding hydrogens is 759 g/mol. The zero-order valence-electron chi connectivity index (χ0n) is 31.8. The second-order valence-electron chi connectivity index (χ2n) is 16.1. The molecule has 6 atom stereocenters. The molecule has 9 rings (SSSR count). The van der Waals surface area contributed by atoms with Gasteiger partial charge in [-0.1, -0.05) is 77.8 Å². The van der Waals surface area contributed by atoms with E-state index in [1.807, 2.05) is 36.4 Å². The van der Waals surface area contributed by atoms with Crippen molar-refractivity contribution in [1.29, 1.82) is 0 Å². The monoisotopic (exact) mass is 802 g/mol. The lowest BCUT2D eigenvalue weighted by Crippen LogP contribution is -2.53. The summed E-state index contributed by atoms with van der Waals surface area (Å²) in [7, 11) is 0. The van der Waals surface area contributed by atoms with E-state index in [9.17, 15) is 23.9 Å². The van der Waals surface area contributed by atoms with Gasteiger partial charge in [0.2, 0.25) is 11.8 Å². The number of hydrogen-bond donors (Lipinski definition) is 2. The van der Waals surface area contributed by atoms with Gasteiger partial charge in [-0.15, -0.1) is 0 Å². The highest BCUT2D eigenvalue weighted by Gasteiger charge is 2.70. The maximum Gasteiger partial charge on any atom is 0.260 e. The molecule has 5 aliphatic rings. The number of carbonyl (C=O) groups is 4. The predicted octanol–water partition coefficient (Wildman–Crippen LogP) is 6.50. The molecule has 0 bridgehead atoms. The van der Waals surface area contributed by atoms with Crippen LogP contribution in [0.1, 0.15) is 48.3 Å². The van der Waals surface area contributed by atoms with Gasteiger partial charge in [0.05, 0.1) is 35.5 Å². The molecule has 1 saturated carbocycles. The summed E-state index contributed by atoms with van der Waals surface area (Å²) < 4.78 is 19.7. The Bertz CT molecular complexity index is 2250. The second kappa shape index (κ2) is 15.4. The maximum atomic E-state index is 15.4. The van der Waals surface area contributed by atoms with E-state index >= 15 is 4.79 Å². The van der Waals surface area contributed by atoms with Gasteiger partial charge in [0, 0.05) is 36.6 Å². The standard InChI is InChI=1S/C46H44ClFN4O6/c47-31-10-8-30(9-11-31)46-39(43(55)52(45(46)57)49-33-14-12-32(48)13-15-33)26-38-36(41(46)29-6-16-35(17-7-29)58-25-24-53)18-19-37-40(38)44(56)51(42(37)54)34-20-22-50(23-21-34)27-28-4-2-1-3-5-28/h1-18,34,37-41,49,53H,19-27H2/t37-,38+,39-,40-,41-,46+/m0/s1. The first-order valence-corrected chi connectivity index (χ1v) is 20.4. The zero-order chi connectivity index (χ0) is 40.1. The fourth-order valence-electron chi connectivity index (χ4n) is 10.5. The number of rotatable bonds is 10. The van der Waals surface area contributed by atoms with E-state index in [1.165, 1.54) is 29.8 Å². The van der Waals surface area contributed by atoms with Crippen LogP contribution in [0.2, 0.25) is 5.02 Å². The summed E-state index contributed by atoms with van der Waals surface area (Å²) in [4.78, 5) is 63.4. The van der Waals surface area contributed by atoms with Crippen LogP contribution >= 0.6 is 11.6 Å². The van der Waals surface area contributed by atoms with E-state index in [4.69, 9.17) is 16.3 Å². The smallest absolute Gasteiger partial charge is 0.260 e. The summed E-state index contributed by atoms with van der Waals surface area (Å²) in [5.74, 6) is -4.67. The molecular formula is C46H44ClFN4O6. The molecule has 4 aromatic rings. The van der Waals surface area contributed by atoms with E-state index in [1.54, 1.807) is 41.3 Å². The average Bonchev–Trinajstić information content (AvgIpc) is 3.62. The fourth-order valence-corrected chi connectivity index (χ4v) is 10.6. The molecule has 0 aromatic heterocycles. The van der Waals surface area contributed by atoms with Crippen molar-refractivity contribution in [2.45, 2.75) is 49.6 Å². The first kappa shape index (κ1) is 38.2. The highest BCUT2D eigenvalue weighted by molar-refractivity contribution is 6.30. The normalized spacial score (nSPS) is 27.3. The van der Waals surface area contributed by atoms with Crippen LogP contribution < -0.4 is 10.2 Å². The summed E-state index contributed by atoms with van der Waals surface area (Å²) in [5, 5.41) is 10.9. The Morgan fingerprint density at radius 2 is 1.53 bits per heavy atom. The molecule has 0 spiro atoms. The molecule has 2 N–H and O–H groups in total. The third-order valence-corrected chi connectivity index (χ3v) is 13.3. The number of piperidine rings is 1. The van der Waals surface area contributed by atoms with Crippen molar-refractivity contribution in [2.75, 3.05) is 31.7 Å². The van der Waals surface area contributed by atoms with Crippen LogP contribution in [0, 0.1) is 29.5 Å². The number of carbonyl (C=O) groups excluding carboxylic acids is 4. The van der Waals surface area contributed by atoms with E-state index in [0.29, 0.717) is 41.3 Å². The number of fused-ring (bicyclic) bond motifs is 4. The number of nitrogens with zero attached hydrogens (tertiary/aromatic N) is 3. The van der Waals surface area contributed by atoms with E-state index in [0.717, 1.165) is 35.8 Å². The average molecular weight is 803 g/mol. The molecule has 4 amide bonds. The number of likely N-dealkylation sites (tertiary alicyclic amines) is 2. The number of benzene rings is 4. The van der Waals surface area contributed by atoms with Crippen LogP contribution in [-0.4, -0.2) is 75.9 Å². The summed E-state index contributed by atoms with van der Waals surface area (Å²) in [5.41, 5.74) is 5.26. The van der Waals surface area contributed by atoms with Gasteiger partial charge < -0.3 is 9.84 Å². The molecule has 58 heavy (non-hydrogen) atoms. The number of ether oxygens (including phenoxy) is 1. The molecule has 3 aliphatic heterocycles. The Hall–Kier alpha value is -5.36. The van der Waals surface area contributed by atoms with Gasteiger partial charge >= 0.3 is 0 Å². The number of aliphatic hydroxyl groups is 1. The Morgan fingerprint density at radius 1 is 0.828 bits per heavy atom. The van der Waals surface area contributed by atoms with Crippen LogP contribution in [0.25, 0.3) is 0 Å². The van der Waals surface area contributed by atoms with Crippen molar-refractivity contribution in [2.24, 2.45) is 23.7 Å². The maximum absolute atomic E-state index is 15.4. The second-order valence-corrected chi connectivity index (χ2v) is 16.5. The van der Waals surface area contributed by atoms with E-state index in [-0.39, 0.29) is 37.5 Å². The molecule has 3 heterocycles. The molecule has 10 nitrogen and oxygen atoms in total. The summed E-state index contributed by atoms with van der Waals surface area (Å²) in [6.07, 6.45) is 3.91. The highest BCUT2D eigenvalue weighted by atomic mass is 35.5. The molecule has 0 unspecified atom stereocenters. The summed E-state index contributed by atoms with van der Waals surface area (Å²) >= 11 is 6.42. The number of imide groups is 2. The minimum atomic E-state index is -1.48. The van der Waals surface area contributed by atoms with Gasteiger partial charge in [0.1, 0.15) is 18.2 Å². The minimum Gasteiger partial charge on any atom is -0.491 e. The van der Waals surface area contributed by atoms with Crippen molar-refractivity contribution >= 4 is 40.9 Å². The summed E-state index contributed by atoms with van der Waals surface area (Å²) in [6, 6.07) is 29.8. The predicted molar refractivity (Wildman–Crippen MR) is 215 cm³/mol. The zero-order valence-corrected chi connectivity index (χ0v) is 32.6. The number of amides is 4. The quantitative estimate of drug-likeness (QED) is 0.138. The van der Waals surface area contributed by atoms with Gasteiger partial charge in [-0.3, -0.25) is 34.4 Å². The molecule has 2 aliphatic carbocycles. The van der Waals surface area contributed by atoms with E-state index in [2.05, 4.69) is 22.5 Å². The lowest BCUT2D eigenvalue weighted by Gasteiger charge is -2.50. The van der Waals surface area contributed by atoms with Gasteiger partial charge in [-0.05, 0) is 96.8 Å². The van der Waals surface area contributed by atoms with Crippen molar-refractivity contribution < 1.29 is 33.4 Å². The topological polar surface area (TPSA) is 119 Å². The Balaban J connectivity index is 1.10. The van der Waals surface area contributed by atoms with Crippen LogP contribution in [0.4, 0.5) is 10.1 Å². The van der Waals surface area contributed by atoms with Gasteiger partial charge in [-0.25, -0.2) is 4.39 Å². The lowest BCUT2D eigenvalue weighted by molar-refractivity contribution is -0.144. The number of nitrogens with one attached hydrogen (secondary N) is 1. The van der Waals surface area contributed by atoms with E-state index < -0.39 is 52.6 Å². The molecule has 4 fully saturated rings. The van der Waals surface area contributed by atoms with Crippen LogP contribution in [0.15, 0.2) is 115 Å². The van der Waals surface area contributed by atoms with Crippen LogP contribution in [0.5, 0.6) is 5.75 Å². The number of halogens is 2. The fraction of sp³-hybridized carbons (Fsp3) is 0.348. The molecule has 3 saturated heterocycles. The Morgan fingerprint density at radius 3 is 2.22 bits per heavy atom. The number of anilines is 1. The van der Waals surface area contributed by atoms with Crippen LogP contribution in [-0.2, 0) is 31.1 Å². The molecule has 298 valence electrons. The third kappa shape index (κ3) is 6.40. The minimum absolute atomic E-state index is 0.103. The molecule has 4 aromatic carbocycles. The number of allylic oxidation sites excluding steroid dienone is 2. The molecule has 12 heteroatoms. The third-order valence-electron chi connectivity index (χ3n) is 13.0. The Labute approximate surface area is 341 Å². The van der Waals surface area contributed by atoms with Gasteiger partial charge in [-0.2, -0.15) is 5.01 Å².